The molecule has 0 saturated heterocycles. The van der Waals surface area contributed by atoms with Gasteiger partial charge in [0.15, 0.2) is 0 Å². The van der Waals surface area contributed by atoms with Crippen molar-refractivity contribution in [3.05, 3.63) is 137 Å². The Labute approximate surface area is 217 Å². The quantitative estimate of drug-likeness (QED) is 0.278. The van der Waals surface area contributed by atoms with Gasteiger partial charge in [-0.1, -0.05) is 72.8 Å². The fourth-order valence-corrected chi connectivity index (χ4v) is 4.43. The second kappa shape index (κ2) is 10.5. The Morgan fingerprint density at radius 2 is 1.43 bits per heavy atom. The summed E-state index contributed by atoms with van der Waals surface area (Å²) in [6, 6.07) is 35.4. The molecule has 184 valence electrons. The van der Waals surface area contributed by atoms with Crippen molar-refractivity contribution in [2.24, 2.45) is 0 Å². The van der Waals surface area contributed by atoms with Crippen LogP contribution in [0.15, 0.2) is 109 Å². The van der Waals surface area contributed by atoms with Gasteiger partial charge in [0.1, 0.15) is 11.4 Å². The minimum absolute atomic E-state index is 0.203. The largest absolute Gasteiger partial charge is 0.497 e. The highest BCUT2D eigenvalue weighted by atomic mass is 16.5. The van der Waals surface area contributed by atoms with Crippen LogP contribution in [0.5, 0.6) is 5.75 Å². The molecule has 0 fully saturated rings. The second-order valence-corrected chi connectivity index (χ2v) is 9.07. The number of carbonyl (C=O) groups excluding carboxylic acids is 1. The number of amides is 1. The Hall–Kier alpha value is -4.64. The highest BCUT2D eigenvalue weighted by molar-refractivity contribution is 5.95. The molecule has 0 radical (unpaired) electrons. The summed E-state index contributed by atoms with van der Waals surface area (Å²) in [6.45, 7) is 4.07. The molecule has 37 heavy (non-hydrogen) atoms. The van der Waals surface area contributed by atoms with E-state index in [1.54, 1.807) is 11.8 Å². The summed E-state index contributed by atoms with van der Waals surface area (Å²) in [4.78, 5) is 13.9. The highest BCUT2D eigenvalue weighted by Crippen LogP contribution is 2.27. The van der Waals surface area contributed by atoms with Crippen LogP contribution in [-0.4, -0.2) is 22.8 Å². The zero-order valence-electron chi connectivity index (χ0n) is 21.2. The molecule has 0 aliphatic rings. The van der Waals surface area contributed by atoms with E-state index in [9.17, 15) is 4.79 Å². The van der Waals surface area contributed by atoms with Crippen LogP contribution in [0.4, 0.5) is 0 Å². The van der Waals surface area contributed by atoms with Crippen molar-refractivity contribution in [3.8, 4) is 22.7 Å². The molecule has 0 atom stereocenters. The topological polar surface area (TPSA) is 56.1 Å². The number of benzene rings is 4. The molecule has 5 aromatic rings. The van der Waals surface area contributed by atoms with Gasteiger partial charge in [-0.3, -0.25) is 4.79 Å². The Balaban J connectivity index is 1.59. The van der Waals surface area contributed by atoms with Crippen LogP contribution in [-0.2, 0) is 0 Å². The molecular formula is C32H29N3O2. The van der Waals surface area contributed by atoms with Crippen molar-refractivity contribution in [2.45, 2.75) is 19.9 Å². The van der Waals surface area contributed by atoms with Crippen molar-refractivity contribution in [2.75, 3.05) is 7.11 Å². The first-order chi connectivity index (χ1) is 18.0. The Bertz CT molecular complexity index is 1470. The first kappa shape index (κ1) is 24.1. The summed E-state index contributed by atoms with van der Waals surface area (Å²) < 4.78 is 7.06. The van der Waals surface area contributed by atoms with Gasteiger partial charge < -0.3 is 10.1 Å². The Kier molecular flexibility index (Phi) is 6.86. The zero-order chi connectivity index (χ0) is 25.8. The standard InChI is InChI=1S/C32H29N3O2/c1-22-14-15-23(2)29(20-22)35-30(21-28(34-35)24-16-18-27(37-3)19-17-24)32(36)33-31(25-10-6-4-7-11-25)26-12-8-5-9-13-26/h4-21,31H,1-3H3,(H,33,36). The Morgan fingerprint density at radius 3 is 2.03 bits per heavy atom. The van der Waals surface area contributed by atoms with Gasteiger partial charge in [-0.05, 0) is 72.5 Å². The number of nitrogens with zero attached hydrogens (tertiary/aromatic N) is 2. The number of nitrogens with one attached hydrogen (secondary N) is 1. The van der Waals surface area contributed by atoms with Crippen LogP contribution in [0.1, 0.15) is 38.8 Å². The summed E-state index contributed by atoms with van der Waals surface area (Å²) in [5.41, 5.74) is 7.11. The lowest BCUT2D eigenvalue weighted by Crippen LogP contribution is -2.31. The molecule has 0 aliphatic carbocycles. The van der Waals surface area contributed by atoms with E-state index in [4.69, 9.17) is 9.84 Å². The lowest BCUT2D eigenvalue weighted by molar-refractivity contribution is 0.0935. The van der Waals surface area contributed by atoms with Gasteiger partial charge in [0, 0.05) is 5.56 Å². The van der Waals surface area contributed by atoms with Crippen LogP contribution in [0, 0.1) is 13.8 Å². The van der Waals surface area contributed by atoms with Gasteiger partial charge in [-0.25, -0.2) is 4.68 Å². The van der Waals surface area contributed by atoms with Crippen LogP contribution < -0.4 is 10.1 Å². The van der Waals surface area contributed by atoms with Crippen molar-refractivity contribution in [3.63, 3.8) is 0 Å². The van der Waals surface area contributed by atoms with Gasteiger partial charge in [0.05, 0.1) is 24.5 Å². The van der Waals surface area contributed by atoms with Crippen molar-refractivity contribution >= 4 is 5.91 Å². The second-order valence-electron chi connectivity index (χ2n) is 9.07. The maximum absolute atomic E-state index is 13.9. The van der Waals surface area contributed by atoms with Crippen molar-refractivity contribution in [1.82, 2.24) is 15.1 Å². The molecule has 1 N–H and O–H groups in total. The number of hydrogen-bond donors (Lipinski definition) is 1. The minimum atomic E-state index is -0.304. The Morgan fingerprint density at radius 1 is 0.811 bits per heavy atom. The monoisotopic (exact) mass is 487 g/mol. The van der Waals surface area contributed by atoms with E-state index in [-0.39, 0.29) is 11.9 Å². The molecule has 0 unspecified atom stereocenters. The van der Waals surface area contributed by atoms with Crippen molar-refractivity contribution < 1.29 is 9.53 Å². The molecule has 5 nitrogen and oxygen atoms in total. The van der Waals surface area contributed by atoms with Crippen LogP contribution in [0.2, 0.25) is 0 Å². The van der Waals surface area contributed by atoms with E-state index in [1.807, 2.05) is 105 Å². The van der Waals surface area contributed by atoms with Crippen molar-refractivity contribution in [1.29, 1.82) is 0 Å². The molecule has 4 aromatic carbocycles. The number of methoxy groups -OCH3 is 1. The molecule has 1 aromatic heterocycles. The molecule has 5 rings (SSSR count). The average Bonchev–Trinajstić information content (AvgIpc) is 3.39. The molecule has 0 spiro atoms. The predicted octanol–water partition coefficient (Wildman–Crippen LogP) is 6.68. The van der Waals surface area contributed by atoms with E-state index in [1.165, 1.54) is 0 Å². The summed E-state index contributed by atoms with van der Waals surface area (Å²) in [6.07, 6.45) is 0. The molecular weight excluding hydrogens is 458 g/mol. The van der Waals surface area contributed by atoms with Gasteiger partial charge in [0.2, 0.25) is 0 Å². The van der Waals surface area contributed by atoms with Gasteiger partial charge in [-0.2, -0.15) is 5.10 Å². The number of aromatic nitrogens is 2. The maximum Gasteiger partial charge on any atom is 0.270 e. The van der Waals surface area contributed by atoms with Crippen LogP contribution in [0.25, 0.3) is 16.9 Å². The number of carbonyl (C=O) groups is 1. The number of ether oxygens (including phenoxy) is 1. The van der Waals surface area contributed by atoms with E-state index in [0.717, 1.165) is 39.3 Å². The smallest absolute Gasteiger partial charge is 0.270 e. The normalized spacial score (nSPS) is 10.9. The third kappa shape index (κ3) is 5.16. The highest BCUT2D eigenvalue weighted by Gasteiger charge is 2.23. The van der Waals surface area contributed by atoms with Gasteiger partial charge in [-0.15, -0.1) is 0 Å². The van der Waals surface area contributed by atoms with Gasteiger partial charge >= 0.3 is 0 Å². The fourth-order valence-electron chi connectivity index (χ4n) is 4.43. The van der Waals surface area contributed by atoms with Crippen LogP contribution >= 0.6 is 0 Å². The average molecular weight is 488 g/mol. The molecule has 1 heterocycles. The maximum atomic E-state index is 13.9. The number of rotatable bonds is 7. The molecule has 1 amide bonds. The van der Waals surface area contributed by atoms with E-state index < -0.39 is 0 Å². The minimum Gasteiger partial charge on any atom is -0.497 e. The van der Waals surface area contributed by atoms with E-state index in [0.29, 0.717) is 11.4 Å². The third-order valence-electron chi connectivity index (χ3n) is 6.46. The van der Waals surface area contributed by atoms with E-state index in [2.05, 4.69) is 23.5 Å². The lowest BCUT2D eigenvalue weighted by atomic mass is 9.98. The summed E-state index contributed by atoms with van der Waals surface area (Å²) in [5, 5.41) is 8.17. The summed E-state index contributed by atoms with van der Waals surface area (Å²) in [7, 11) is 1.64. The first-order valence-corrected chi connectivity index (χ1v) is 12.3. The number of hydrogen-bond acceptors (Lipinski definition) is 3. The molecule has 0 aliphatic heterocycles. The molecule has 0 bridgehead atoms. The first-order valence-electron chi connectivity index (χ1n) is 12.3. The molecule has 0 saturated carbocycles. The fraction of sp³-hybridized carbons (Fsp3) is 0.125. The van der Waals surface area contributed by atoms with Gasteiger partial charge in [0.25, 0.3) is 5.91 Å². The van der Waals surface area contributed by atoms with E-state index >= 15 is 0 Å². The predicted molar refractivity (Wildman–Crippen MR) is 147 cm³/mol. The molecule has 5 heteroatoms. The number of aryl methyl sites for hydroxylation is 2. The third-order valence-corrected chi connectivity index (χ3v) is 6.46. The van der Waals surface area contributed by atoms with Crippen LogP contribution in [0.3, 0.4) is 0 Å². The lowest BCUT2D eigenvalue weighted by Gasteiger charge is -2.20. The zero-order valence-corrected chi connectivity index (χ0v) is 21.2. The summed E-state index contributed by atoms with van der Waals surface area (Å²) in [5.74, 6) is 0.565. The summed E-state index contributed by atoms with van der Waals surface area (Å²) >= 11 is 0. The SMILES string of the molecule is COc1ccc(-c2cc(C(=O)NC(c3ccccc3)c3ccccc3)n(-c3cc(C)ccc3C)n2)cc1.